The summed E-state index contributed by atoms with van der Waals surface area (Å²) in [6, 6.07) is 8.10. The highest BCUT2D eigenvalue weighted by atomic mass is 127. The van der Waals surface area contributed by atoms with Crippen LogP contribution < -0.4 is 10.6 Å². The topological polar surface area (TPSA) is 47.9 Å². The van der Waals surface area contributed by atoms with Crippen molar-refractivity contribution in [2.45, 2.75) is 25.1 Å². The fourth-order valence-electron chi connectivity index (χ4n) is 2.68. The molecule has 1 saturated heterocycles. The first-order chi connectivity index (χ1) is 10.2. The molecule has 0 radical (unpaired) electrons. The number of thiophene rings is 1. The fraction of sp³-hybridized carbons (Fsp3) is 0.400. The molecule has 0 spiro atoms. The number of benzene rings is 1. The Labute approximate surface area is 140 Å². The first-order valence-electron chi connectivity index (χ1n) is 6.89. The van der Waals surface area contributed by atoms with Crippen molar-refractivity contribution in [1.29, 1.82) is 5.26 Å². The molecule has 1 aromatic heterocycles. The van der Waals surface area contributed by atoms with Crippen molar-refractivity contribution >= 4 is 49.7 Å². The van der Waals surface area contributed by atoms with Crippen molar-refractivity contribution < 1.29 is 4.39 Å². The Kier molecular flexibility index (Phi) is 4.62. The van der Waals surface area contributed by atoms with Gasteiger partial charge < -0.3 is 10.6 Å². The molecule has 0 aliphatic carbocycles. The Morgan fingerprint density at radius 2 is 2.38 bits per heavy atom. The summed E-state index contributed by atoms with van der Waals surface area (Å²) in [5.74, 6) is 0. The van der Waals surface area contributed by atoms with Crippen molar-refractivity contribution in [3.8, 4) is 6.07 Å². The molecule has 3 rings (SSSR count). The summed E-state index contributed by atoms with van der Waals surface area (Å²) in [7, 11) is 0. The van der Waals surface area contributed by atoms with Crippen LogP contribution in [-0.2, 0) is 6.42 Å². The highest BCUT2D eigenvalue weighted by Gasteiger charge is 2.25. The number of rotatable bonds is 3. The quantitative estimate of drug-likeness (QED) is 0.752. The number of hydrogen-bond donors (Lipinski definition) is 2. The first kappa shape index (κ1) is 15.0. The van der Waals surface area contributed by atoms with E-state index in [1.165, 1.54) is 0 Å². The maximum absolute atomic E-state index is 14.0. The number of nitrogens with zero attached hydrogens (tertiary/aromatic N) is 1. The third-order valence-electron chi connectivity index (χ3n) is 3.77. The molecule has 2 unspecified atom stereocenters. The van der Waals surface area contributed by atoms with Crippen molar-refractivity contribution in [3.63, 3.8) is 0 Å². The van der Waals surface area contributed by atoms with Crippen molar-refractivity contribution in [1.82, 2.24) is 5.32 Å². The van der Waals surface area contributed by atoms with Crippen LogP contribution in [0.2, 0.25) is 0 Å². The van der Waals surface area contributed by atoms with Gasteiger partial charge in [-0.1, -0.05) is 12.1 Å². The standard InChI is InChI=1S/C15H15FIN3S/c16-11-8-19-7-5-12(11)20-13-3-1-2-9-10(4-6-18)15(17)21-14(9)13/h1-3,11-12,19-20H,4-5,7-8H2. The van der Waals surface area contributed by atoms with Crippen LogP contribution in [0.3, 0.4) is 0 Å². The molecule has 1 fully saturated rings. The summed E-state index contributed by atoms with van der Waals surface area (Å²) in [6.45, 7) is 1.25. The number of fused-ring (bicyclic) bond motifs is 1. The molecule has 0 amide bonds. The molecule has 0 saturated carbocycles. The number of alkyl halides is 1. The van der Waals surface area contributed by atoms with E-state index < -0.39 is 6.17 Å². The van der Waals surface area contributed by atoms with E-state index >= 15 is 0 Å². The maximum Gasteiger partial charge on any atom is 0.132 e. The summed E-state index contributed by atoms with van der Waals surface area (Å²) < 4.78 is 16.2. The van der Waals surface area contributed by atoms with E-state index in [0.29, 0.717) is 13.0 Å². The van der Waals surface area contributed by atoms with Gasteiger partial charge in [0.05, 0.1) is 31.8 Å². The number of anilines is 1. The van der Waals surface area contributed by atoms with Crippen LogP contribution in [0.1, 0.15) is 12.0 Å². The van der Waals surface area contributed by atoms with Gasteiger partial charge >= 0.3 is 0 Å². The highest BCUT2D eigenvalue weighted by Crippen LogP contribution is 2.37. The van der Waals surface area contributed by atoms with Gasteiger partial charge in [-0.15, -0.1) is 11.3 Å². The predicted octanol–water partition coefficient (Wildman–Crippen LogP) is 3.68. The van der Waals surface area contributed by atoms with Crippen LogP contribution in [0.25, 0.3) is 10.1 Å². The van der Waals surface area contributed by atoms with Crippen molar-refractivity contribution in [3.05, 3.63) is 26.6 Å². The third kappa shape index (κ3) is 3.00. The minimum Gasteiger partial charge on any atom is -0.378 e. The second kappa shape index (κ2) is 6.46. The molecule has 6 heteroatoms. The molecular formula is C15H15FIN3S. The molecule has 2 atom stereocenters. The summed E-state index contributed by atoms with van der Waals surface area (Å²) in [4.78, 5) is 0. The lowest BCUT2D eigenvalue weighted by Crippen LogP contribution is -2.45. The molecular weight excluding hydrogens is 400 g/mol. The smallest absolute Gasteiger partial charge is 0.132 e. The van der Waals surface area contributed by atoms with E-state index in [1.54, 1.807) is 11.3 Å². The van der Waals surface area contributed by atoms with E-state index in [0.717, 1.165) is 37.2 Å². The number of nitriles is 1. The molecule has 2 N–H and O–H groups in total. The van der Waals surface area contributed by atoms with E-state index in [2.05, 4.69) is 39.3 Å². The molecule has 3 nitrogen and oxygen atoms in total. The highest BCUT2D eigenvalue weighted by molar-refractivity contribution is 14.1. The van der Waals surface area contributed by atoms with Gasteiger partial charge in [0.1, 0.15) is 6.17 Å². The molecule has 2 aromatic rings. The Bertz CT molecular complexity index is 694. The SMILES string of the molecule is N#CCc1c(I)sc2c(NC3CCNCC3F)cccc12. The van der Waals surface area contributed by atoms with E-state index in [9.17, 15) is 4.39 Å². The van der Waals surface area contributed by atoms with Crippen LogP contribution in [-0.4, -0.2) is 25.3 Å². The summed E-state index contributed by atoms with van der Waals surface area (Å²) in [5.41, 5.74) is 2.07. The van der Waals surface area contributed by atoms with Crippen LogP contribution in [0.4, 0.5) is 10.1 Å². The molecule has 1 aliphatic rings. The zero-order valence-corrected chi connectivity index (χ0v) is 14.3. The number of halogens is 2. The number of nitrogens with one attached hydrogen (secondary N) is 2. The minimum absolute atomic E-state index is 0.143. The van der Waals surface area contributed by atoms with E-state index in [4.69, 9.17) is 5.26 Å². The van der Waals surface area contributed by atoms with Gasteiger partial charge in [0.25, 0.3) is 0 Å². The molecule has 2 heterocycles. The lowest BCUT2D eigenvalue weighted by molar-refractivity contribution is 0.245. The number of hydrogen-bond acceptors (Lipinski definition) is 4. The van der Waals surface area contributed by atoms with Gasteiger partial charge in [0.15, 0.2) is 0 Å². The Morgan fingerprint density at radius 3 is 3.14 bits per heavy atom. The largest absolute Gasteiger partial charge is 0.378 e. The number of piperidine rings is 1. The normalized spacial score (nSPS) is 22.1. The van der Waals surface area contributed by atoms with Crippen LogP contribution in [0, 0.1) is 14.2 Å². The van der Waals surface area contributed by atoms with Crippen LogP contribution >= 0.6 is 33.9 Å². The Hall–Kier alpha value is -0.910. The minimum atomic E-state index is -0.869. The molecule has 1 aliphatic heterocycles. The van der Waals surface area contributed by atoms with Crippen molar-refractivity contribution in [2.75, 3.05) is 18.4 Å². The van der Waals surface area contributed by atoms with Gasteiger partial charge in [0, 0.05) is 6.54 Å². The average Bonchev–Trinajstić information content (AvgIpc) is 2.80. The van der Waals surface area contributed by atoms with Crippen LogP contribution in [0.5, 0.6) is 0 Å². The van der Waals surface area contributed by atoms with Gasteiger partial charge in [-0.2, -0.15) is 5.26 Å². The van der Waals surface area contributed by atoms with Gasteiger partial charge in [-0.3, -0.25) is 0 Å². The second-order valence-electron chi connectivity index (χ2n) is 5.13. The fourth-order valence-corrected chi connectivity index (χ4v) is 4.85. The first-order valence-corrected chi connectivity index (χ1v) is 8.78. The summed E-state index contributed by atoms with van der Waals surface area (Å²) in [5, 5.41) is 16.5. The lowest BCUT2D eigenvalue weighted by Gasteiger charge is -2.28. The van der Waals surface area contributed by atoms with Crippen LogP contribution in [0.15, 0.2) is 18.2 Å². The Morgan fingerprint density at radius 1 is 1.52 bits per heavy atom. The summed E-state index contributed by atoms with van der Waals surface area (Å²) in [6.07, 6.45) is 0.331. The van der Waals surface area contributed by atoms with Gasteiger partial charge in [-0.05, 0) is 52.6 Å². The van der Waals surface area contributed by atoms with Crippen molar-refractivity contribution in [2.24, 2.45) is 0 Å². The monoisotopic (exact) mass is 415 g/mol. The Balaban J connectivity index is 1.96. The third-order valence-corrected chi connectivity index (χ3v) is 6.16. The maximum atomic E-state index is 14.0. The molecule has 0 bridgehead atoms. The summed E-state index contributed by atoms with van der Waals surface area (Å²) >= 11 is 3.95. The average molecular weight is 415 g/mol. The molecule has 21 heavy (non-hydrogen) atoms. The lowest BCUT2D eigenvalue weighted by atomic mass is 10.0. The van der Waals surface area contributed by atoms with E-state index in [1.807, 2.05) is 18.2 Å². The molecule has 110 valence electrons. The zero-order valence-electron chi connectivity index (χ0n) is 11.3. The van der Waals surface area contributed by atoms with Gasteiger partial charge in [0.2, 0.25) is 0 Å². The molecule has 1 aromatic carbocycles. The predicted molar refractivity (Wildman–Crippen MR) is 93.7 cm³/mol. The zero-order chi connectivity index (χ0) is 14.8. The van der Waals surface area contributed by atoms with Gasteiger partial charge in [-0.25, -0.2) is 4.39 Å². The van der Waals surface area contributed by atoms with E-state index in [-0.39, 0.29) is 6.04 Å². The second-order valence-corrected chi connectivity index (χ2v) is 7.96.